The van der Waals surface area contributed by atoms with Gasteiger partial charge in [-0.05, 0) is 0 Å². The van der Waals surface area contributed by atoms with Crippen molar-refractivity contribution in [3.8, 4) is 0 Å². The van der Waals surface area contributed by atoms with E-state index in [9.17, 15) is 0 Å². The SMILES string of the molecule is CCC[CH2][Hg+].[Cl-]. The van der Waals surface area contributed by atoms with Crippen molar-refractivity contribution in [1.29, 1.82) is 0 Å². The van der Waals surface area contributed by atoms with Gasteiger partial charge in [-0.15, -0.1) is 0 Å². The minimum Gasteiger partial charge on any atom is -1.00 e. The van der Waals surface area contributed by atoms with Crippen LogP contribution in [0.2, 0.25) is 3.93 Å². The summed E-state index contributed by atoms with van der Waals surface area (Å²) in [5.74, 6) is 0. The Morgan fingerprint density at radius 1 is 1.50 bits per heavy atom. The average Bonchev–Trinajstić information content (AvgIpc) is 1.41. The summed E-state index contributed by atoms with van der Waals surface area (Å²) in [6, 6.07) is 0. The van der Waals surface area contributed by atoms with Crippen molar-refractivity contribution >= 4 is 0 Å². The molecule has 0 rings (SSSR count). The van der Waals surface area contributed by atoms with Crippen LogP contribution in [0, 0.1) is 0 Å². The zero-order chi connectivity index (χ0) is 4.12. The first-order valence-electron chi connectivity index (χ1n) is 2.21. The Morgan fingerprint density at radius 3 is 2.00 bits per heavy atom. The minimum absolute atomic E-state index is 0. The molecule has 0 aromatic heterocycles. The normalized spacial score (nSPS) is 7.17. The van der Waals surface area contributed by atoms with E-state index in [1.54, 1.807) is 0 Å². The van der Waals surface area contributed by atoms with Gasteiger partial charge in [0.1, 0.15) is 0 Å². The molecular weight excluding hydrogens is 284 g/mol. The molecular formula is C4H9ClHg. The summed E-state index contributed by atoms with van der Waals surface area (Å²) >= 11 is 1.07. The Morgan fingerprint density at radius 2 is 2.00 bits per heavy atom. The minimum atomic E-state index is 0. The number of rotatable bonds is 2. The van der Waals surface area contributed by atoms with Crippen LogP contribution in [-0.2, 0) is 26.1 Å². The number of hydrogen-bond donors (Lipinski definition) is 0. The van der Waals surface area contributed by atoms with Crippen LogP contribution in [0.4, 0.5) is 0 Å². The van der Waals surface area contributed by atoms with Crippen LogP contribution in [0.3, 0.4) is 0 Å². The first-order chi connectivity index (χ1) is 2.41. The molecule has 0 N–H and O–H groups in total. The van der Waals surface area contributed by atoms with Crippen molar-refractivity contribution < 1.29 is 38.5 Å². The maximum atomic E-state index is 2.24. The van der Waals surface area contributed by atoms with Crippen LogP contribution in [0.5, 0.6) is 0 Å². The van der Waals surface area contributed by atoms with Crippen molar-refractivity contribution in [3.63, 3.8) is 0 Å². The molecule has 0 bridgehead atoms. The fourth-order valence-corrected chi connectivity index (χ4v) is 2.19. The first-order valence-corrected chi connectivity index (χ1v) is 6.09. The van der Waals surface area contributed by atoms with Crippen LogP contribution in [0.1, 0.15) is 19.8 Å². The topological polar surface area (TPSA) is 0 Å². The van der Waals surface area contributed by atoms with Gasteiger partial charge in [-0.1, -0.05) is 0 Å². The summed E-state index contributed by atoms with van der Waals surface area (Å²) in [4.78, 5) is 0. The summed E-state index contributed by atoms with van der Waals surface area (Å²) in [5, 5.41) is 0. The van der Waals surface area contributed by atoms with Crippen LogP contribution in [-0.4, -0.2) is 0 Å². The van der Waals surface area contributed by atoms with Crippen molar-refractivity contribution in [2.24, 2.45) is 0 Å². The third kappa shape index (κ3) is 8.97. The zero-order valence-corrected chi connectivity index (χ0v) is 10.5. The molecule has 6 heavy (non-hydrogen) atoms. The van der Waals surface area contributed by atoms with Gasteiger partial charge >= 0.3 is 49.8 Å². The van der Waals surface area contributed by atoms with Gasteiger partial charge in [0, 0.05) is 0 Å². The quantitative estimate of drug-likeness (QED) is 0.559. The standard InChI is InChI=1S/C4H9.ClH.Hg/c1-3-4-2;;/h1,3-4H2,2H3;1H;/q;;+1/p-1. The molecule has 0 saturated carbocycles. The average molecular weight is 293 g/mol. The molecule has 0 aliphatic heterocycles. The smallest absolute Gasteiger partial charge is 1.00 e. The van der Waals surface area contributed by atoms with E-state index >= 15 is 0 Å². The second kappa shape index (κ2) is 9.52. The van der Waals surface area contributed by atoms with E-state index in [-0.39, 0.29) is 12.4 Å². The van der Waals surface area contributed by atoms with Gasteiger partial charge in [-0.3, -0.25) is 0 Å². The van der Waals surface area contributed by atoms with E-state index in [2.05, 4.69) is 6.92 Å². The van der Waals surface area contributed by atoms with E-state index in [4.69, 9.17) is 0 Å². The molecule has 0 fully saturated rings. The second-order valence-corrected chi connectivity index (χ2v) is 3.96. The van der Waals surface area contributed by atoms with Gasteiger partial charge in [-0.2, -0.15) is 0 Å². The molecule has 0 spiro atoms. The summed E-state index contributed by atoms with van der Waals surface area (Å²) in [7, 11) is 0. The van der Waals surface area contributed by atoms with E-state index in [1.807, 2.05) is 0 Å². The van der Waals surface area contributed by atoms with Crippen molar-refractivity contribution in [2.75, 3.05) is 0 Å². The zero-order valence-electron chi connectivity index (χ0n) is 4.21. The maximum Gasteiger partial charge on any atom is -1.00 e. The number of hydrogen-bond acceptors (Lipinski definition) is 0. The molecule has 0 radical (unpaired) electrons. The predicted molar refractivity (Wildman–Crippen MR) is 19.7 cm³/mol. The van der Waals surface area contributed by atoms with Crippen LogP contribution in [0.25, 0.3) is 0 Å². The molecule has 0 heterocycles. The van der Waals surface area contributed by atoms with Gasteiger partial charge < -0.3 is 12.4 Å². The molecule has 0 aromatic carbocycles. The molecule has 0 aliphatic carbocycles. The molecule has 0 atom stereocenters. The predicted octanol–water partition coefficient (Wildman–Crippen LogP) is -1.24. The fourth-order valence-electron chi connectivity index (χ4n) is 0.250. The number of unbranched alkanes of at least 4 members (excludes halogenated alkanes) is 1. The molecule has 34 valence electrons. The van der Waals surface area contributed by atoms with E-state index in [0.717, 1.165) is 26.1 Å². The van der Waals surface area contributed by atoms with Crippen LogP contribution < -0.4 is 12.4 Å². The molecule has 0 amide bonds. The molecule has 2 heteroatoms. The van der Waals surface area contributed by atoms with E-state index < -0.39 is 0 Å². The van der Waals surface area contributed by atoms with Gasteiger partial charge in [0.2, 0.25) is 0 Å². The summed E-state index contributed by atoms with van der Waals surface area (Å²) < 4.78 is 1.54. The van der Waals surface area contributed by atoms with Gasteiger partial charge in [0.25, 0.3) is 0 Å². The monoisotopic (exact) mass is 294 g/mol. The van der Waals surface area contributed by atoms with Gasteiger partial charge in [0.15, 0.2) is 0 Å². The Hall–Kier alpha value is 1.23. The summed E-state index contributed by atoms with van der Waals surface area (Å²) in [6.45, 7) is 2.24. The Balaban J connectivity index is 0. The van der Waals surface area contributed by atoms with Crippen molar-refractivity contribution in [3.05, 3.63) is 0 Å². The van der Waals surface area contributed by atoms with E-state index in [0.29, 0.717) is 0 Å². The Labute approximate surface area is 62.1 Å². The van der Waals surface area contributed by atoms with Crippen molar-refractivity contribution in [1.82, 2.24) is 0 Å². The fraction of sp³-hybridized carbons (Fsp3) is 1.00. The van der Waals surface area contributed by atoms with Gasteiger partial charge in [-0.25, -0.2) is 0 Å². The summed E-state index contributed by atoms with van der Waals surface area (Å²) in [6.07, 6.45) is 2.87. The first kappa shape index (κ1) is 10.3. The molecule has 0 nitrogen and oxygen atoms in total. The van der Waals surface area contributed by atoms with Crippen LogP contribution in [0.15, 0.2) is 0 Å². The Kier molecular flexibility index (Phi) is 16.3. The molecule has 0 saturated heterocycles. The summed E-state index contributed by atoms with van der Waals surface area (Å²) in [5.41, 5.74) is 0. The molecule has 0 aromatic rings. The number of halogens is 1. The van der Waals surface area contributed by atoms with Gasteiger partial charge in [0.05, 0.1) is 0 Å². The molecule has 0 aliphatic rings. The Bertz CT molecular complexity index is 15.0. The largest absolute Gasteiger partial charge is 1.00 e. The third-order valence-corrected chi connectivity index (χ3v) is 2.55. The van der Waals surface area contributed by atoms with Crippen LogP contribution >= 0.6 is 0 Å². The van der Waals surface area contributed by atoms with Crippen molar-refractivity contribution in [2.45, 2.75) is 23.7 Å². The maximum absolute atomic E-state index is 2.24. The van der Waals surface area contributed by atoms with E-state index in [1.165, 1.54) is 16.8 Å². The second-order valence-electron chi connectivity index (χ2n) is 1.21. The molecule has 0 unspecified atom stereocenters. The third-order valence-electron chi connectivity index (χ3n) is 0.604.